The third kappa shape index (κ3) is 1.62. The number of aryl methyl sites for hydroxylation is 1. The summed E-state index contributed by atoms with van der Waals surface area (Å²) < 4.78 is 0. The number of rotatable bonds is 2. The molecule has 0 aliphatic carbocycles. The van der Waals surface area contributed by atoms with Crippen LogP contribution in [0.2, 0.25) is 0 Å². The minimum Gasteiger partial charge on any atom is -0.258 e. The van der Waals surface area contributed by atoms with Gasteiger partial charge in [0.2, 0.25) is 0 Å². The molecule has 0 N–H and O–H groups in total. The van der Waals surface area contributed by atoms with Crippen LogP contribution >= 0.6 is 12.2 Å². The van der Waals surface area contributed by atoms with Gasteiger partial charge in [-0.05, 0) is 13.0 Å². The van der Waals surface area contributed by atoms with Gasteiger partial charge in [0.25, 0.3) is 5.69 Å². The highest BCUT2D eigenvalue weighted by Crippen LogP contribution is 2.15. The zero-order valence-electron chi connectivity index (χ0n) is 6.27. The predicted molar refractivity (Wildman–Crippen MR) is 47.3 cm³/mol. The van der Waals surface area contributed by atoms with Crippen LogP contribution in [0.5, 0.6) is 0 Å². The van der Waals surface area contributed by atoms with E-state index in [-0.39, 0.29) is 5.69 Å². The first-order chi connectivity index (χ1) is 5.65. The van der Waals surface area contributed by atoms with Crippen molar-refractivity contribution in [2.45, 2.75) is 6.92 Å². The van der Waals surface area contributed by atoms with Gasteiger partial charge in [0.15, 0.2) is 0 Å². The summed E-state index contributed by atoms with van der Waals surface area (Å²) in [4.78, 5) is 13.6. The maximum Gasteiger partial charge on any atom is 0.290 e. The molecule has 0 spiro atoms. The van der Waals surface area contributed by atoms with Crippen molar-refractivity contribution in [2.75, 3.05) is 0 Å². The summed E-state index contributed by atoms with van der Waals surface area (Å²) in [5, 5.41) is 12.7. The van der Waals surface area contributed by atoms with Crippen LogP contribution in [0.25, 0.3) is 0 Å². The minimum absolute atomic E-state index is 0.00370. The SMILES string of the molecule is Cc1cc([C]=S)ncc1[N+](=O)[O-]. The van der Waals surface area contributed by atoms with E-state index in [1.165, 1.54) is 12.3 Å². The fourth-order valence-corrected chi connectivity index (χ4v) is 0.907. The minimum atomic E-state index is -0.477. The lowest BCUT2D eigenvalue weighted by Gasteiger charge is -1.95. The molecule has 0 fully saturated rings. The lowest BCUT2D eigenvalue weighted by molar-refractivity contribution is -0.385. The molecule has 0 saturated carbocycles. The number of thiocarbonyl (C=S) groups is 1. The molecular formula is C7H5N2O2S. The van der Waals surface area contributed by atoms with Gasteiger partial charge in [-0.2, -0.15) is 0 Å². The average molecular weight is 181 g/mol. The number of hydrogen-bond acceptors (Lipinski definition) is 4. The Labute approximate surface area is 74.4 Å². The molecule has 0 atom stereocenters. The van der Waals surface area contributed by atoms with E-state index in [4.69, 9.17) is 0 Å². The topological polar surface area (TPSA) is 56.0 Å². The van der Waals surface area contributed by atoms with Gasteiger partial charge in [0.1, 0.15) is 6.20 Å². The van der Waals surface area contributed by atoms with Gasteiger partial charge < -0.3 is 0 Å². The third-order valence-electron chi connectivity index (χ3n) is 1.38. The molecule has 5 heteroatoms. The standard InChI is InChI=1S/C7H5N2O2S/c1-5-2-6(4-12)8-3-7(5)9(10)11/h2-3H,1H3. The van der Waals surface area contributed by atoms with Crippen molar-refractivity contribution < 1.29 is 4.92 Å². The van der Waals surface area contributed by atoms with Crippen LogP contribution in [0, 0.1) is 17.0 Å². The quantitative estimate of drug-likeness (QED) is 0.394. The van der Waals surface area contributed by atoms with Crippen LogP contribution in [0.15, 0.2) is 12.3 Å². The van der Waals surface area contributed by atoms with E-state index in [2.05, 4.69) is 22.6 Å². The van der Waals surface area contributed by atoms with E-state index in [1.807, 2.05) is 0 Å². The highest BCUT2D eigenvalue weighted by Gasteiger charge is 2.10. The van der Waals surface area contributed by atoms with Gasteiger partial charge in [0.05, 0.1) is 16.0 Å². The Bertz CT molecular complexity index is 338. The summed E-state index contributed by atoms with van der Waals surface area (Å²) in [5.74, 6) is 0. The van der Waals surface area contributed by atoms with E-state index < -0.39 is 4.92 Å². The van der Waals surface area contributed by atoms with Gasteiger partial charge in [-0.25, -0.2) is 4.98 Å². The maximum absolute atomic E-state index is 10.3. The molecule has 0 aromatic carbocycles. The summed E-state index contributed by atoms with van der Waals surface area (Å²) in [6.07, 6.45) is 1.18. The molecule has 0 bridgehead atoms. The first kappa shape index (κ1) is 8.73. The maximum atomic E-state index is 10.3. The molecule has 0 amide bonds. The Kier molecular flexibility index (Phi) is 2.44. The van der Waals surface area contributed by atoms with Gasteiger partial charge >= 0.3 is 0 Å². The molecule has 1 aromatic rings. The Hall–Kier alpha value is -1.36. The van der Waals surface area contributed by atoms with E-state index in [0.717, 1.165) is 0 Å². The van der Waals surface area contributed by atoms with Gasteiger partial charge in [-0.1, -0.05) is 12.2 Å². The largest absolute Gasteiger partial charge is 0.290 e. The van der Waals surface area contributed by atoms with Gasteiger partial charge in [0, 0.05) is 5.56 Å². The zero-order chi connectivity index (χ0) is 9.14. The van der Waals surface area contributed by atoms with Crippen molar-refractivity contribution >= 4 is 23.3 Å². The van der Waals surface area contributed by atoms with Crippen molar-refractivity contribution in [2.24, 2.45) is 0 Å². The summed E-state index contributed by atoms with van der Waals surface area (Å²) in [7, 11) is 0. The fraction of sp³-hybridized carbons (Fsp3) is 0.143. The highest BCUT2D eigenvalue weighted by atomic mass is 32.1. The molecular weight excluding hydrogens is 176 g/mol. The molecule has 0 unspecified atom stereocenters. The molecule has 61 valence electrons. The normalized spacial score (nSPS) is 9.42. The number of aromatic nitrogens is 1. The Morgan fingerprint density at radius 3 is 2.83 bits per heavy atom. The molecule has 12 heavy (non-hydrogen) atoms. The van der Waals surface area contributed by atoms with Gasteiger partial charge in [-0.15, -0.1) is 0 Å². The van der Waals surface area contributed by atoms with Crippen LogP contribution in [0.3, 0.4) is 0 Å². The van der Waals surface area contributed by atoms with Crippen molar-refractivity contribution in [3.8, 4) is 0 Å². The summed E-state index contributed by atoms with van der Waals surface area (Å²) >= 11 is 4.50. The average Bonchev–Trinajstić information content (AvgIpc) is 2.03. The first-order valence-corrected chi connectivity index (χ1v) is 3.55. The lowest BCUT2D eigenvalue weighted by Crippen LogP contribution is -1.95. The van der Waals surface area contributed by atoms with Crippen LogP contribution in [0.4, 0.5) is 5.69 Å². The second-order valence-corrected chi connectivity index (χ2v) is 2.42. The van der Waals surface area contributed by atoms with E-state index in [0.29, 0.717) is 11.3 Å². The highest BCUT2D eigenvalue weighted by molar-refractivity contribution is 7.79. The molecule has 1 aromatic heterocycles. The Morgan fingerprint density at radius 2 is 2.42 bits per heavy atom. The molecule has 1 rings (SSSR count). The van der Waals surface area contributed by atoms with Crippen molar-refractivity contribution in [3.63, 3.8) is 0 Å². The summed E-state index contributed by atoms with van der Waals surface area (Å²) in [6.45, 7) is 1.63. The van der Waals surface area contributed by atoms with Gasteiger partial charge in [-0.3, -0.25) is 10.1 Å². The molecule has 0 saturated heterocycles. The number of pyridine rings is 1. The molecule has 1 heterocycles. The van der Waals surface area contributed by atoms with Crippen molar-refractivity contribution in [3.05, 3.63) is 33.6 Å². The predicted octanol–water partition coefficient (Wildman–Crippen LogP) is 1.52. The first-order valence-electron chi connectivity index (χ1n) is 3.14. The number of nitrogens with zero attached hydrogens (tertiary/aromatic N) is 2. The van der Waals surface area contributed by atoms with Crippen molar-refractivity contribution in [1.29, 1.82) is 0 Å². The smallest absolute Gasteiger partial charge is 0.258 e. The third-order valence-corrected chi connectivity index (χ3v) is 1.59. The lowest BCUT2D eigenvalue weighted by atomic mass is 10.2. The molecule has 0 aliphatic rings. The van der Waals surface area contributed by atoms with Crippen LogP contribution in [-0.4, -0.2) is 15.3 Å². The van der Waals surface area contributed by atoms with Crippen LogP contribution < -0.4 is 0 Å². The Balaban J connectivity index is 3.20. The van der Waals surface area contributed by atoms with E-state index in [9.17, 15) is 10.1 Å². The zero-order valence-corrected chi connectivity index (χ0v) is 7.09. The fourth-order valence-electron chi connectivity index (χ4n) is 0.796. The molecule has 1 radical (unpaired) electrons. The van der Waals surface area contributed by atoms with E-state index >= 15 is 0 Å². The monoisotopic (exact) mass is 181 g/mol. The summed E-state index contributed by atoms with van der Waals surface area (Å²) in [5.41, 5.74) is 0.999. The number of hydrogen-bond donors (Lipinski definition) is 0. The second-order valence-electron chi connectivity index (χ2n) is 2.22. The molecule has 0 aliphatic heterocycles. The number of nitro groups is 1. The van der Waals surface area contributed by atoms with Crippen LogP contribution in [0.1, 0.15) is 11.3 Å². The van der Waals surface area contributed by atoms with Crippen LogP contribution in [-0.2, 0) is 0 Å². The Morgan fingerprint density at radius 1 is 1.75 bits per heavy atom. The second kappa shape index (κ2) is 3.36. The van der Waals surface area contributed by atoms with E-state index in [1.54, 1.807) is 6.92 Å². The molecule has 4 nitrogen and oxygen atoms in total. The van der Waals surface area contributed by atoms with Crippen molar-refractivity contribution in [1.82, 2.24) is 4.98 Å². The summed E-state index contributed by atoms with van der Waals surface area (Å²) in [6, 6.07) is 1.53.